The summed E-state index contributed by atoms with van der Waals surface area (Å²) in [5, 5.41) is 39.1. The molecule has 26 nitrogen and oxygen atoms in total. The summed E-state index contributed by atoms with van der Waals surface area (Å²) in [6.45, 7) is 3.90. The number of aliphatic hydroxyl groups excluding tert-OH is 1. The first-order valence-electron chi connectivity index (χ1n) is 29.3. The van der Waals surface area contributed by atoms with Crippen molar-refractivity contribution in [1.82, 2.24) is 26.2 Å². The number of amides is 8. The zero-order valence-corrected chi connectivity index (χ0v) is 50.4. The molecule has 9 N–H and O–H groups in total. The van der Waals surface area contributed by atoms with Crippen molar-refractivity contribution in [2.45, 2.75) is 119 Å². The standard InChI is InChI=1S/C63H77N7O19/c1-36(2)53(69-47(71)17-11-8-12-31-70-48(72)26-27-49(70)73)56(76)68-44(16-13-29-65-60(64)78)55(75)67-40-22-18-37(19-23-40)34-86-61(79)66-30-28-42-35-85-58(84-6)59(87-42)88-43-32-45(82-4)52-46(33-43)89-63(39-20-24-41(81-3)25-21-39)51(38-14-9-7-10-15-38)50(57(77)83-5)54(74)62(52,63)80/h7,9-10,14-15,18-27,32-33,36,42,44,50-51,53-54,58-59,74,80H,8,11-13,16-17,28-31,34-35H2,1-6H3,(H,66,79)(H,67,75)(H,68,76)(H,69,71)(H3,64,65,78)/t42-,44-,50+,51+,53-,54+,58+,59-,62-,63-/m0/s1. The summed E-state index contributed by atoms with van der Waals surface area (Å²) in [6, 6.07) is 22.4. The molecular formula is C63H77N7O19. The van der Waals surface area contributed by atoms with Crippen LogP contribution in [0, 0.1) is 11.8 Å². The molecule has 4 aliphatic rings. The van der Waals surface area contributed by atoms with Crippen molar-refractivity contribution in [3.63, 3.8) is 0 Å². The van der Waals surface area contributed by atoms with E-state index in [1.165, 1.54) is 52.7 Å². The van der Waals surface area contributed by atoms with E-state index in [1.54, 1.807) is 86.6 Å². The molecule has 478 valence electrons. The lowest BCUT2D eigenvalue weighted by atomic mass is 9.70. The first-order valence-corrected chi connectivity index (χ1v) is 29.3. The summed E-state index contributed by atoms with van der Waals surface area (Å²) in [6.07, 6.45) is -0.651. The summed E-state index contributed by atoms with van der Waals surface area (Å²) >= 11 is 0. The second-order valence-corrected chi connectivity index (χ2v) is 22.1. The number of fused-ring (bicyclic) bond motifs is 3. The van der Waals surface area contributed by atoms with Crippen LogP contribution in [0.2, 0.25) is 0 Å². The molecule has 1 aliphatic carbocycles. The topological polar surface area (TPSA) is 350 Å². The fourth-order valence-corrected chi connectivity index (χ4v) is 11.6. The lowest BCUT2D eigenvalue weighted by Crippen LogP contribution is -2.54. The number of nitrogens with two attached hydrogens (primary N) is 1. The molecule has 26 heteroatoms. The first kappa shape index (κ1) is 66.1. The Morgan fingerprint density at radius 3 is 2.17 bits per heavy atom. The molecule has 3 heterocycles. The van der Waals surface area contributed by atoms with E-state index in [9.17, 15) is 48.6 Å². The molecule has 1 saturated carbocycles. The fraction of sp³-hybridized carbons (Fsp3) is 0.460. The highest BCUT2D eigenvalue weighted by Gasteiger charge is 2.78. The van der Waals surface area contributed by atoms with Crippen LogP contribution in [0.4, 0.5) is 15.3 Å². The second kappa shape index (κ2) is 29.9. The molecule has 3 aliphatic heterocycles. The van der Waals surface area contributed by atoms with Crippen LogP contribution in [0.25, 0.3) is 0 Å². The number of unbranched alkanes of at least 4 members (excludes halogenated alkanes) is 2. The normalized spacial score (nSPS) is 23.0. The van der Waals surface area contributed by atoms with Gasteiger partial charge in [0.2, 0.25) is 24.0 Å². The van der Waals surface area contributed by atoms with Crippen LogP contribution in [-0.2, 0) is 70.3 Å². The van der Waals surface area contributed by atoms with Gasteiger partial charge in [0.05, 0.1) is 45.5 Å². The van der Waals surface area contributed by atoms with Gasteiger partial charge in [-0.15, -0.1) is 0 Å². The number of urea groups is 1. The van der Waals surface area contributed by atoms with Crippen molar-refractivity contribution in [1.29, 1.82) is 0 Å². The molecule has 0 unspecified atom stereocenters. The van der Waals surface area contributed by atoms with Crippen molar-refractivity contribution in [3.05, 3.63) is 125 Å². The summed E-state index contributed by atoms with van der Waals surface area (Å²) in [5.74, 6) is -4.92. The van der Waals surface area contributed by atoms with Gasteiger partial charge in [-0.3, -0.25) is 33.7 Å². The molecule has 0 aromatic heterocycles. The van der Waals surface area contributed by atoms with Gasteiger partial charge in [-0.1, -0.05) is 74.9 Å². The monoisotopic (exact) mass is 1240 g/mol. The van der Waals surface area contributed by atoms with E-state index < -0.39 is 89.8 Å². The zero-order valence-electron chi connectivity index (χ0n) is 50.4. The van der Waals surface area contributed by atoms with Gasteiger partial charge in [0.1, 0.15) is 47.8 Å². The van der Waals surface area contributed by atoms with Gasteiger partial charge < -0.3 is 85.2 Å². The molecule has 10 atom stereocenters. The van der Waals surface area contributed by atoms with E-state index in [0.29, 0.717) is 47.4 Å². The Morgan fingerprint density at radius 2 is 1.52 bits per heavy atom. The summed E-state index contributed by atoms with van der Waals surface area (Å²) < 4.78 is 53.3. The fourth-order valence-electron chi connectivity index (χ4n) is 11.6. The number of primary amides is 1. The Morgan fingerprint density at radius 1 is 0.798 bits per heavy atom. The number of carbonyl (C=O) groups is 8. The molecule has 2 fully saturated rings. The third kappa shape index (κ3) is 15.0. The van der Waals surface area contributed by atoms with Gasteiger partial charge in [0.15, 0.2) is 11.2 Å². The zero-order chi connectivity index (χ0) is 64.0. The number of nitrogens with one attached hydrogen (secondary N) is 5. The Bertz CT molecular complexity index is 3190. The number of hydrogen-bond donors (Lipinski definition) is 8. The van der Waals surface area contributed by atoms with Crippen LogP contribution in [0.3, 0.4) is 0 Å². The number of imide groups is 1. The average Bonchev–Trinajstić information content (AvgIpc) is 1.50. The largest absolute Gasteiger partial charge is 0.497 e. The number of aliphatic hydroxyl groups is 2. The number of nitrogens with zero attached hydrogens (tertiary/aromatic N) is 1. The SMILES string of the molecule is COC(=O)[C@H]1[C@@H](O)[C@@]2(O)c3c(OC)cc(O[C@@H]4O[C@@H](CCNC(=O)OCc5ccc(NC(=O)[C@H](CCCNC(N)=O)NC(=O)[C@@H](NC(=O)CCCCCN6C(=O)C=CC6=O)C(C)C)cc5)CO[C@H]4OC)cc3O[C@@]2(c2ccc(OC)cc2)[C@@H]1c1ccccc1. The molecule has 0 bridgehead atoms. The van der Waals surface area contributed by atoms with Gasteiger partial charge in [-0.2, -0.15) is 0 Å². The summed E-state index contributed by atoms with van der Waals surface area (Å²) in [4.78, 5) is 103. The lowest BCUT2D eigenvalue weighted by Gasteiger charge is -2.40. The van der Waals surface area contributed by atoms with Crippen LogP contribution in [0.15, 0.2) is 103 Å². The van der Waals surface area contributed by atoms with Gasteiger partial charge in [-0.25, -0.2) is 9.59 Å². The lowest BCUT2D eigenvalue weighted by molar-refractivity contribution is -0.312. The number of alkyl carbamates (subject to hydrolysis) is 1. The average molecular weight is 1240 g/mol. The Hall–Kier alpha value is -8.82. The number of benzene rings is 4. The highest BCUT2D eigenvalue weighted by molar-refractivity contribution is 6.12. The molecule has 4 aromatic carbocycles. The highest BCUT2D eigenvalue weighted by atomic mass is 16.8. The van der Waals surface area contributed by atoms with E-state index in [-0.39, 0.29) is 105 Å². The Labute approximate surface area is 514 Å². The van der Waals surface area contributed by atoms with Crippen molar-refractivity contribution in [2.75, 3.05) is 60.0 Å². The molecule has 1 saturated heterocycles. The second-order valence-electron chi connectivity index (χ2n) is 22.1. The van der Waals surface area contributed by atoms with E-state index in [2.05, 4.69) is 26.6 Å². The molecular weight excluding hydrogens is 1160 g/mol. The van der Waals surface area contributed by atoms with E-state index >= 15 is 0 Å². The molecule has 4 aromatic rings. The van der Waals surface area contributed by atoms with Crippen molar-refractivity contribution in [2.24, 2.45) is 17.6 Å². The van der Waals surface area contributed by atoms with Crippen LogP contribution >= 0.6 is 0 Å². The van der Waals surface area contributed by atoms with Crippen LogP contribution in [0.5, 0.6) is 23.0 Å². The minimum Gasteiger partial charge on any atom is -0.497 e. The van der Waals surface area contributed by atoms with Gasteiger partial charge in [-0.05, 0) is 79.0 Å². The first-order chi connectivity index (χ1) is 42.8. The number of anilines is 1. The van der Waals surface area contributed by atoms with Crippen LogP contribution in [0.1, 0.15) is 87.0 Å². The number of hydrogen-bond acceptors (Lipinski definition) is 19. The molecule has 89 heavy (non-hydrogen) atoms. The maximum atomic E-state index is 13.7. The predicted molar refractivity (Wildman–Crippen MR) is 317 cm³/mol. The quantitative estimate of drug-likeness (QED) is 0.0216. The Balaban J connectivity index is 0.843. The van der Waals surface area contributed by atoms with Gasteiger partial charge in [0, 0.05) is 69.1 Å². The van der Waals surface area contributed by atoms with Crippen LogP contribution in [-0.4, -0.2) is 154 Å². The number of methoxy groups -OCH3 is 4. The van der Waals surface area contributed by atoms with E-state index in [0.717, 1.165) is 4.90 Å². The van der Waals surface area contributed by atoms with Crippen molar-refractivity contribution in [3.8, 4) is 23.0 Å². The summed E-state index contributed by atoms with van der Waals surface area (Å²) in [5.41, 5.74) is 3.07. The number of ether oxygens (including phenoxy) is 9. The maximum absolute atomic E-state index is 13.7. The van der Waals surface area contributed by atoms with Crippen molar-refractivity contribution >= 4 is 53.3 Å². The minimum absolute atomic E-state index is 0.0613. The maximum Gasteiger partial charge on any atom is 0.407 e. The number of rotatable bonds is 29. The third-order valence-electron chi connectivity index (χ3n) is 16.1. The highest BCUT2D eigenvalue weighted by Crippen LogP contribution is 2.70. The van der Waals surface area contributed by atoms with Crippen LogP contribution < -0.4 is 51.3 Å². The molecule has 0 radical (unpaired) electrons. The third-order valence-corrected chi connectivity index (χ3v) is 16.1. The Kier molecular flexibility index (Phi) is 22.2. The van der Waals surface area contributed by atoms with E-state index in [4.69, 9.17) is 48.4 Å². The predicted octanol–water partition coefficient (Wildman–Crippen LogP) is 4.03. The number of esters is 1. The smallest absolute Gasteiger partial charge is 0.407 e. The minimum atomic E-state index is -2.32. The summed E-state index contributed by atoms with van der Waals surface area (Å²) in [7, 11) is 5.53. The molecule has 8 rings (SSSR count). The van der Waals surface area contributed by atoms with Crippen molar-refractivity contribution < 1.29 is 91.2 Å². The number of carbonyl (C=O) groups excluding carboxylic acids is 8. The molecule has 0 spiro atoms. The van der Waals surface area contributed by atoms with E-state index in [1.807, 2.05) is 6.07 Å². The molecule has 8 amide bonds. The van der Waals surface area contributed by atoms with Gasteiger partial charge in [0.25, 0.3) is 18.1 Å². The van der Waals surface area contributed by atoms with Gasteiger partial charge >= 0.3 is 18.1 Å².